The Hall–Kier alpha value is -0.250. The first-order chi connectivity index (χ1) is 7.00. The number of ether oxygens (including phenoxy) is 1. The molecule has 0 saturated heterocycles. The van der Waals surface area contributed by atoms with Crippen LogP contribution < -0.4 is 4.74 Å². The molecule has 0 amide bonds. The van der Waals surface area contributed by atoms with Crippen molar-refractivity contribution in [3.63, 3.8) is 0 Å². The first-order valence-corrected chi connectivity index (χ1v) is 6.89. The lowest BCUT2D eigenvalue weighted by Gasteiger charge is -2.19. The molecule has 0 radical (unpaired) electrons. The van der Waals surface area contributed by atoms with Crippen LogP contribution in [0.15, 0.2) is 18.2 Å². The van der Waals surface area contributed by atoms with Crippen molar-refractivity contribution < 1.29 is 4.74 Å². The quantitative estimate of drug-likeness (QED) is 0.567. The molecule has 0 saturated carbocycles. The smallest absolute Gasteiger partial charge is 0.123 e. The maximum atomic E-state index is 5.82. The highest BCUT2D eigenvalue weighted by atomic mass is 127. The lowest BCUT2D eigenvalue weighted by atomic mass is 9.86. The highest BCUT2D eigenvalue weighted by molar-refractivity contribution is 14.1. The summed E-state index contributed by atoms with van der Waals surface area (Å²) < 4.78 is 6.88. The standard InChI is InChI=1S/C13H17IO/c1-13(2,3)10-4-5-12-9(6-10)7-11(8-14)15-12/h4-6,11H,7-8H2,1-3H3/t11-/m1/s1. The Labute approximate surface area is 105 Å². The summed E-state index contributed by atoms with van der Waals surface area (Å²) in [6.45, 7) is 6.75. The summed E-state index contributed by atoms with van der Waals surface area (Å²) in [5.41, 5.74) is 3.01. The molecule has 1 atom stereocenters. The second kappa shape index (κ2) is 3.96. The van der Waals surface area contributed by atoms with Crippen LogP contribution in [0.3, 0.4) is 0 Å². The van der Waals surface area contributed by atoms with Gasteiger partial charge in [-0.1, -0.05) is 55.5 Å². The van der Waals surface area contributed by atoms with E-state index in [1.54, 1.807) is 0 Å². The molecule has 0 spiro atoms. The maximum Gasteiger partial charge on any atom is 0.123 e. The summed E-state index contributed by atoms with van der Waals surface area (Å²) in [5.74, 6) is 1.09. The van der Waals surface area contributed by atoms with Crippen molar-refractivity contribution in [2.45, 2.75) is 38.7 Å². The minimum Gasteiger partial charge on any atom is -0.489 e. The fourth-order valence-corrected chi connectivity index (χ4v) is 2.36. The van der Waals surface area contributed by atoms with Crippen LogP contribution in [0, 0.1) is 0 Å². The van der Waals surface area contributed by atoms with Gasteiger partial charge in [0.1, 0.15) is 11.9 Å². The van der Waals surface area contributed by atoms with Crippen LogP contribution in [0.4, 0.5) is 0 Å². The van der Waals surface area contributed by atoms with E-state index in [2.05, 4.69) is 61.6 Å². The summed E-state index contributed by atoms with van der Waals surface area (Å²) >= 11 is 2.39. The molecule has 2 rings (SSSR count). The van der Waals surface area contributed by atoms with Gasteiger partial charge in [0.2, 0.25) is 0 Å². The van der Waals surface area contributed by atoms with Gasteiger partial charge in [-0.25, -0.2) is 0 Å². The second-order valence-electron chi connectivity index (χ2n) is 5.17. The topological polar surface area (TPSA) is 9.23 Å². The molecule has 0 unspecified atom stereocenters. The van der Waals surface area contributed by atoms with Crippen molar-refractivity contribution in [2.24, 2.45) is 0 Å². The third-order valence-electron chi connectivity index (χ3n) is 2.84. The van der Waals surface area contributed by atoms with Crippen molar-refractivity contribution in [3.05, 3.63) is 29.3 Å². The number of benzene rings is 1. The molecule has 0 aromatic heterocycles. The lowest BCUT2D eigenvalue weighted by Crippen LogP contribution is -2.13. The zero-order valence-corrected chi connectivity index (χ0v) is 11.7. The Kier molecular flexibility index (Phi) is 2.97. The summed E-state index contributed by atoms with van der Waals surface area (Å²) in [7, 11) is 0. The summed E-state index contributed by atoms with van der Waals surface area (Å²) in [6.07, 6.45) is 1.46. The molecule has 0 bridgehead atoms. The first-order valence-electron chi connectivity index (χ1n) is 5.37. The fourth-order valence-electron chi connectivity index (χ4n) is 1.87. The summed E-state index contributed by atoms with van der Waals surface area (Å²) in [5, 5.41) is 0. The van der Waals surface area contributed by atoms with Crippen LogP contribution in [0.2, 0.25) is 0 Å². The molecular formula is C13H17IO. The fraction of sp³-hybridized carbons (Fsp3) is 0.538. The third kappa shape index (κ3) is 2.30. The zero-order chi connectivity index (χ0) is 11.1. The summed E-state index contributed by atoms with van der Waals surface area (Å²) in [4.78, 5) is 0. The van der Waals surface area contributed by atoms with Gasteiger partial charge in [-0.15, -0.1) is 0 Å². The minimum atomic E-state index is 0.234. The molecule has 1 aromatic rings. The van der Waals surface area contributed by atoms with Gasteiger partial charge in [0.25, 0.3) is 0 Å². The van der Waals surface area contributed by atoms with E-state index < -0.39 is 0 Å². The molecule has 0 fully saturated rings. The van der Waals surface area contributed by atoms with Crippen molar-refractivity contribution in [2.75, 3.05) is 4.43 Å². The second-order valence-corrected chi connectivity index (χ2v) is 6.05. The molecule has 0 aliphatic carbocycles. The van der Waals surface area contributed by atoms with Gasteiger partial charge < -0.3 is 4.74 Å². The van der Waals surface area contributed by atoms with E-state index in [9.17, 15) is 0 Å². The first kappa shape index (κ1) is 11.2. The average molecular weight is 316 g/mol. The lowest BCUT2D eigenvalue weighted by molar-refractivity contribution is 0.262. The van der Waals surface area contributed by atoms with E-state index >= 15 is 0 Å². The van der Waals surface area contributed by atoms with E-state index in [0.29, 0.717) is 6.10 Å². The number of hydrogen-bond acceptors (Lipinski definition) is 1. The van der Waals surface area contributed by atoms with Gasteiger partial charge in [0.15, 0.2) is 0 Å². The number of hydrogen-bond donors (Lipinski definition) is 0. The largest absolute Gasteiger partial charge is 0.489 e. The molecule has 1 heterocycles. The average Bonchev–Trinajstić information content (AvgIpc) is 2.57. The number of alkyl halides is 1. The van der Waals surface area contributed by atoms with Gasteiger partial charge in [-0.2, -0.15) is 0 Å². The van der Waals surface area contributed by atoms with Gasteiger partial charge in [-0.3, -0.25) is 0 Å². The van der Waals surface area contributed by atoms with Crippen LogP contribution in [0.1, 0.15) is 31.9 Å². The minimum absolute atomic E-state index is 0.234. The molecular weight excluding hydrogens is 299 g/mol. The van der Waals surface area contributed by atoms with E-state index in [4.69, 9.17) is 4.74 Å². The van der Waals surface area contributed by atoms with E-state index in [1.807, 2.05) is 0 Å². The van der Waals surface area contributed by atoms with Gasteiger partial charge in [0, 0.05) is 10.8 Å². The molecule has 82 valence electrons. The Bertz CT molecular complexity index is 365. The SMILES string of the molecule is CC(C)(C)c1ccc2c(c1)C[C@H](CI)O2. The highest BCUT2D eigenvalue weighted by Crippen LogP contribution is 2.33. The normalized spacial score (nSPS) is 19.9. The maximum absolute atomic E-state index is 5.82. The predicted molar refractivity (Wildman–Crippen MR) is 72.1 cm³/mol. The summed E-state index contributed by atoms with van der Waals surface area (Å²) in [6, 6.07) is 6.62. The van der Waals surface area contributed by atoms with Crippen LogP contribution in [0.25, 0.3) is 0 Å². The molecule has 15 heavy (non-hydrogen) atoms. The van der Waals surface area contributed by atoms with Crippen LogP contribution in [0.5, 0.6) is 5.75 Å². The predicted octanol–water partition coefficient (Wildman–Crippen LogP) is 3.72. The van der Waals surface area contributed by atoms with E-state index in [0.717, 1.165) is 16.6 Å². The van der Waals surface area contributed by atoms with Crippen LogP contribution in [-0.4, -0.2) is 10.5 Å². The number of rotatable bonds is 1. The number of halogens is 1. The molecule has 1 aromatic carbocycles. The molecule has 0 N–H and O–H groups in total. The van der Waals surface area contributed by atoms with Gasteiger partial charge >= 0.3 is 0 Å². The van der Waals surface area contributed by atoms with Crippen molar-refractivity contribution in [1.29, 1.82) is 0 Å². The molecule has 1 nitrogen and oxygen atoms in total. The van der Waals surface area contributed by atoms with Crippen molar-refractivity contribution in [1.82, 2.24) is 0 Å². The molecule has 1 aliphatic rings. The van der Waals surface area contributed by atoms with E-state index in [-0.39, 0.29) is 5.41 Å². The molecule has 1 aliphatic heterocycles. The highest BCUT2D eigenvalue weighted by Gasteiger charge is 2.24. The third-order valence-corrected chi connectivity index (χ3v) is 3.82. The monoisotopic (exact) mass is 316 g/mol. The Balaban J connectivity index is 2.30. The zero-order valence-electron chi connectivity index (χ0n) is 9.51. The van der Waals surface area contributed by atoms with Gasteiger partial charge in [-0.05, 0) is 22.6 Å². The Morgan fingerprint density at radius 1 is 1.40 bits per heavy atom. The van der Waals surface area contributed by atoms with Crippen molar-refractivity contribution in [3.8, 4) is 5.75 Å². The van der Waals surface area contributed by atoms with Crippen molar-refractivity contribution >= 4 is 22.6 Å². The Morgan fingerprint density at radius 2 is 2.13 bits per heavy atom. The Morgan fingerprint density at radius 3 is 2.73 bits per heavy atom. The van der Waals surface area contributed by atoms with E-state index in [1.165, 1.54) is 11.1 Å². The van der Waals surface area contributed by atoms with Gasteiger partial charge in [0.05, 0.1) is 0 Å². The van der Waals surface area contributed by atoms with Crippen LogP contribution >= 0.6 is 22.6 Å². The number of fused-ring (bicyclic) bond motifs is 1. The van der Waals surface area contributed by atoms with Crippen LogP contribution in [-0.2, 0) is 11.8 Å². The molecule has 2 heteroatoms.